The maximum Gasteiger partial charge on any atom is 0.276 e. The largest absolute Gasteiger partial charge is 0.382 e. The summed E-state index contributed by atoms with van der Waals surface area (Å²) in [4.78, 5) is 9.71. The van der Waals surface area contributed by atoms with Gasteiger partial charge in [0.2, 0.25) is 0 Å². The molecule has 2 rings (SSSR count). The molecule has 0 aliphatic heterocycles. The molecule has 7 nitrogen and oxygen atoms in total. The van der Waals surface area contributed by atoms with Gasteiger partial charge in [-0.2, -0.15) is 13.5 Å². The number of nitrogens with two attached hydrogens (primary N) is 1. The molecule has 1 heterocycles. The van der Waals surface area contributed by atoms with Crippen molar-refractivity contribution in [3.63, 3.8) is 0 Å². The van der Waals surface area contributed by atoms with Gasteiger partial charge < -0.3 is 5.73 Å². The molecule has 0 radical (unpaired) electrons. The number of hydrogen-bond acceptors (Lipinski definition) is 6. The van der Waals surface area contributed by atoms with E-state index < -0.39 is 10.0 Å². The Morgan fingerprint density at radius 3 is 2.41 bits per heavy atom. The van der Waals surface area contributed by atoms with Crippen LogP contribution in [0, 0.1) is 6.92 Å². The highest BCUT2D eigenvalue weighted by molar-refractivity contribution is 7.89. The number of hydrazone groups is 1. The van der Waals surface area contributed by atoms with Gasteiger partial charge in [-0.3, -0.25) is 0 Å². The average molecular weight is 360 g/mol. The van der Waals surface area contributed by atoms with Crippen molar-refractivity contribution in [2.75, 3.05) is 5.73 Å². The van der Waals surface area contributed by atoms with Gasteiger partial charge in [-0.15, -0.1) is 0 Å². The number of nitrogens with one attached hydrogen (secondary N) is 1. The number of nitrogens with zero attached hydrogens (tertiary/aromatic N) is 3. The van der Waals surface area contributed by atoms with E-state index in [1.165, 1.54) is 12.1 Å². The van der Waals surface area contributed by atoms with Crippen LogP contribution in [0.25, 0.3) is 0 Å². The van der Waals surface area contributed by atoms with Gasteiger partial charge in [0.05, 0.1) is 11.1 Å². The molecule has 0 spiro atoms. The third-order valence-electron chi connectivity index (χ3n) is 2.56. The molecule has 116 valence electrons. The molecule has 0 saturated heterocycles. The summed E-state index contributed by atoms with van der Waals surface area (Å²) >= 11 is 11.3. The summed E-state index contributed by atoms with van der Waals surface area (Å²) < 4.78 is 24.0. The normalized spacial score (nSPS) is 11.8. The predicted molar refractivity (Wildman–Crippen MR) is 85.6 cm³/mol. The van der Waals surface area contributed by atoms with Crippen molar-refractivity contribution >= 4 is 45.3 Å². The van der Waals surface area contributed by atoms with E-state index in [2.05, 4.69) is 15.1 Å². The molecule has 0 amide bonds. The fraction of sp³-hybridized carbons (Fsp3) is 0.0833. The van der Waals surface area contributed by atoms with Crippen molar-refractivity contribution in [2.24, 2.45) is 5.10 Å². The highest BCUT2D eigenvalue weighted by Crippen LogP contribution is 2.19. The van der Waals surface area contributed by atoms with Crippen LogP contribution in [0.4, 0.5) is 5.82 Å². The van der Waals surface area contributed by atoms with Crippen molar-refractivity contribution in [3.05, 3.63) is 45.8 Å². The van der Waals surface area contributed by atoms with E-state index in [1.807, 2.05) is 11.8 Å². The molecule has 10 heteroatoms. The number of nitrogen functional groups attached to an aromatic ring is 1. The molecule has 22 heavy (non-hydrogen) atoms. The summed E-state index contributed by atoms with van der Waals surface area (Å²) in [6, 6.07) is 6.31. The van der Waals surface area contributed by atoms with Gasteiger partial charge >= 0.3 is 0 Å². The highest BCUT2D eigenvalue weighted by atomic mass is 35.5. The van der Waals surface area contributed by atoms with Gasteiger partial charge in [-0.1, -0.05) is 40.9 Å². The number of aromatic nitrogens is 2. The lowest BCUT2D eigenvalue weighted by molar-refractivity contribution is 0.584. The van der Waals surface area contributed by atoms with Gasteiger partial charge in [-0.05, 0) is 19.1 Å². The van der Waals surface area contributed by atoms with Crippen LogP contribution in [0.15, 0.2) is 34.3 Å². The van der Waals surface area contributed by atoms with E-state index in [9.17, 15) is 8.42 Å². The lowest BCUT2D eigenvalue weighted by Gasteiger charge is -2.04. The Morgan fingerprint density at radius 2 is 1.77 bits per heavy atom. The first-order chi connectivity index (χ1) is 10.3. The lowest BCUT2D eigenvalue weighted by Crippen LogP contribution is -2.18. The summed E-state index contributed by atoms with van der Waals surface area (Å²) in [6.07, 6.45) is 1.09. The predicted octanol–water partition coefficient (Wildman–Crippen LogP) is 1.99. The Labute approximate surface area is 137 Å². The Kier molecular flexibility index (Phi) is 4.84. The summed E-state index contributed by atoms with van der Waals surface area (Å²) in [6.45, 7) is 1.85. The fourth-order valence-corrected chi connectivity index (χ4v) is 2.50. The Hall–Kier alpha value is -1.90. The van der Waals surface area contributed by atoms with E-state index in [4.69, 9.17) is 28.9 Å². The smallest absolute Gasteiger partial charge is 0.276 e. The molecule has 1 aromatic carbocycles. The maximum atomic E-state index is 12.0. The molecule has 3 N–H and O–H groups in total. The van der Waals surface area contributed by atoms with Crippen molar-refractivity contribution in [3.8, 4) is 0 Å². The standard InChI is InChI=1S/C12H11Cl2N5O2S/c1-7-2-4-8(5-3-7)22(20,21)19-16-6-9-12(15)18-11(14)10(13)17-9/h2-6,19H,1H3,(H2,15,18)/b16-6-. The number of sulfonamides is 1. The van der Waals surface area contributed by atoms with Gasteiger partial charge in [0.25, 0.3) is 10.0 Å². The summed E-state index contributed by atoms with van der Waals surface area (Å²) in [7, 11) is -3.77. The zero-order valence-electron chi connectivity index (χ0n) is 11.3. The van der Waals surface area contributed by atoms with Crippen LogP contribution in [0.5, 0.6) is 0 Å². The average Bonchev–Trinajstić information content (AvgIpc) is 2.44. The Morgan fingerprint density at radius 1 is 1.18 bits per heavy atom. The molecule has 0 aliphatic rings. The fourth-order valence-electron chi connectivity index (χ4n) is 1.44. The van der Waals surface area contributed by atoms with Gasteiger partial charge in [-0.25, -0.2) is 14.8 Å². The molecule has 0 bridgehead atoms. The molecule has 0 saturated carbocycles. The quantitative estimate of drug-likeness (QED) is 0.640. The van der Waals surface area contributed by atoms with E-state index in [0.29, 0.717) is 0 Å². The number of aryl methyl sites for hydroxylation is 1. The summed E-state index contributed by atoms with van der Waals surface area (Å²) in [5.74, 6) is -0.0207. The highest BCUT2D eigenvalue weighted by Gasteiger charge is 2.12. The number of benzene rings is 1. The second-order valence-electron chi connectivity index (χ2n) is 4.24. The van der Waals surface area contributed by atoms with Crippen LogP contribution >= 0.6 is 23.2 Å². The van der Waals surface area contributed by atoms with Crippen LogP contribution in [0.3, 0.4) is 0 Å². The molecule has 0 fully saturated rings. The van der Waals surface area contributed by atoms with Gasteiger partial charge in [0.15, 0.2) is 16.1 Å². The number of rotatable bonds is 4. The van der Waals surface area contributed by atoms with Crippen LogP contribution in [0.1, 0.15) is 11.3 Å². The first-order valence-corrected chi connectivity index (χ1v) is 8.13. The lowest BCUT2D eigenvalue weighted by atomic mass is 10.2. The molecule has 2 aromatic rings. The van der Waals surface area contributed by atoms with Crippen LogP contribution in [-0.4, -0.2) is 24.6 Å². The third-order valence-corrected chi connectivity index (χ3v) is 4.42. The van der Waals surface area contributed by atoms with Crippen molar-refractivity contribution in [1.29, 1.82) is 0 Å². The van der Waals surface area contributed by atoms with Gasteiger partial charge in [0, 0.05) is 0 Å². The molecular formula is C12H11Cl2N5O2S. The second kappa shape index (κ2) is 6.47. The van der Waals surface area contributed by atoms with Crippen molar-refractivity contribution < 1.29 is 8.42 Å². The molecule has 0 aliphatic carbocycles. The van der Waals surface area contributed by atoms with E-state index >= 15 is 0 Å². The van der Waals surface area contributed by atoms with Crippen LogP contribution in [-0.2, 0) is 10.0 Å². The monoisotopic (exact) mass is 359 g/mol. The van der Waals surface area contributed by atoms with E-state index in [-0.39, 0.29) is 26.7 Å². The van der Waals surface area contributed by atoms with Crippen LogP contribution in [0.2, 0.25) is 10.3 Å². The first-order valence-electron chi connectivity index (χ1n) is 5.89. The number of anilines is 1. The molecule has 0 unspecified atom stereocenters. The molecular weight excluding hydrogens is 349 g/mol. The first kappa shape index (κ1) is 16.5. The molecule has 1 aromatic heterocycles. The number of halogens is 2. The minimum Gasteiger partial charge on any atom is -0.382 e. The summed E-state index contributed by atoms with van der Waals surface area (Å²) in [5.41, 5.74) is 6.63. The number of hydrogen-bond donors (Lipinski definition) is 2. The van der Waals surface area contributed by atoms with E-state index in [0.717, 1.165) is 11.8 Å². The topological polar surface area (TPSA) is 110 Å². The van der Waals surface area contributed by atoms with Crippen LogP contribution < -0.4 is 10.6 Å². The third kappa shape index (κ3) is 3.85. The van der Waals surface area contributed by atoms with Crippen molar-refractivity contribution in [1.82, 2.24) is 14.8 Å². The molecule has 0 atom stereocenters. The second-order valence-corrected chi connectivity index (χ2v) is 6.62. The van der Waals surface area contributed by atoms with Crippen molar-refractivity contribution in [2.45, 2.75) is 11.8 Å². The van der Waals surface area contributed by atoms with Gasteiger partial charge in [0.1, 0.15) is 5.69 Å². The summed E-state index contributed by atoms with van der Waals surface area (Å²) in [5, 5.41) is 3.49. The minimum atomic E-state index is -3.77. The maximum absolute atomic E-state index is 12.0. The van der Waals surface area contributed by atoms with E-state index in [1.54, 1.807) is 12.1 Å². The zero-order valence-corrected chi connectivity index (χ0v) is 13.6. The Bertz CT molecular complexity index is 822. The zero-order chi connectivity index (χ0) is 16.3. The SMILES string of the molecule is Cc1ccc(S(=O)(=O)N/N=C\c2nc(Cl)c(Cl)nc2N)cc1. The Balaban J connectivity index is 2.18. The minimum absolute atomic E-state index is 0.0207.